The Labute approximate surface area is 219 Å². The highest BCUT2D eigenvalue weighted by Gasteiger charge is 2.28. The molecule has 0 aromatic heterocycles. The topological polar surface area (TPSA) is 107 Å². The quantitative estimate of drug-likeness (QED) is 0.288. The van der Waals surface area contributed by atoms with Gasteiger partial charge >= 0.3 is 0 Å². The summed E-state index contributed by atoms with van der Waals surface area (Å²) in [4.78, 5) is 12.6. The van der Waals surface area contributed by atoms with Crippen molar-refractivity contribution in [3.8, 4) is 17.2 Å². The number of benzene rings is 3. The van der Waals surface area contributed by atoms with Gasteiger partial charge in [-0.25, -0.2) is 18.2 Å². The van der Waals surface area contributed by atoms with Gasteiger partial charge in [-0.05, 0) is 42.5 Å². The molecule has 9 nitrogen and oxygen atoms in total. The zero-order chi connectivity index (χ0) is 27.0. The molecule has 3 aromatic carbocycles. The Hall–Kier alpha value is -3.67. The van der Waals surface area contributed by atoms with Crippen LogP contribution in [0.25, 0.3) is 0 Å². The Morgan fingerprint density at radius 1 is 1.00 bits per heavy atom. The third kappa shape index (κ3) is 6.76. The molecule has 37 heavy (non-hydrogen) atoms. The van der Waals surface area contributed by atoms with Gasteiger partial charge in [-0.3, -0.25) is 4.79 Å². The molecule has 0 heterocycles. The van der Waals surface area contributed by atoms with E-state index in [-0.39, 0.29) is 17.0 Å². The van der Waals surface area contributed by atoms with Crippen LogP contribution >= 0.6 is 11.6 Å². The number of nitrogens with zero attached hydrogens (tertiary/aromatic N) is 2. The maximum atomic E-state index is 14.3. The summed E-state index contributed by atoms with van der Waals surface area (Å²) in [5.41, 5.74) is 2.87. The molecule has 0 aliphatic carbocycles. The molecular formula is C25H25ClFN3O6S. The number of halogens is 2. The molecule has 0 atom stereocenters. The highest BCUT2D eigenvalue weighted by Crippen LogP contribution is 2.39. The molecule has 0 radical (unpaired) electrons. The smallest absolute Gasteiger partial charge is 0.255 e. The van der Waals surface area contributed by atoms with Gasteiger partial charge in [0.25, 0.3) is 5.91 Å². The molecule has 3 rings (SSSR count). The van der Waals surface area contributed by atoms with Crippen LogP contribution in [0.15, 0.2) is 70.7 Å². The molecule has 3 aromatic rings. The van der Waals surface area contributed by atoms with Crippen molar-refractivity contribution >= 4 is 33.7 Å². The monoisotopic (exact) mass is 549 g/mol. The number of rotatable bonds is 11. The molecule has 0 aliphatic heterocycles. The first-order valence-corrected chi connectivity index (χ1v) is 12.6. The molecule has 0 aliphatic rings. The van der Waals surface area contributed by atoms with Gasteiger partial charge in [0.1, 0.15) is 5.82 Å². The number of carbonyl (C=O) groups excluding carboxylic acids is 1. The second-order valence-electron chi connectivity index (χ2n) is 7.54. The zero-order valence-electron chi connectivity index (χ0n) is 20.3. The highest BCUT2D eigenvalue weighted by molar-refractivity contribution is 7.89. The number of nitrogens with one attached hydrogen (secondary N) is 1. The van der Waals surface area contributed by atoms with Crippen molar-refractivity contribution < 1.29 is 31.8 Å². The lowest BCUT2D eigenvalue weighted by molar-refractivity contribution is -0.121. The summed E-state index contributed by atoms with van der Waals surface area (Å²) in [5.74, 6) is -0.240. The Bertz CT molecular complexity index is 1380. The maximum absolute atomic E-state index is 14.3. The van der Waals surface area contributed by atoms with E-state index >= 15 is 0 Å². The molecule has 0 spiro atoms. The van der Waals surface area contributed by atoms with Crippen molar-refractivity contribution in [1.29, 1.82) is 0 Å². The standard InChI is InChI=1S/C25H25ClFN3O6S/c1-34-22-13-8-17(24(35-2)25(22)36-3)14-28-29-23(31)16-30(15-18-6-4-5-7-21(18)27)37(32,33)20-11-9-19(26)10-12-20/h4-14H,15-16H2,1-3H3,(H,29,31)/b28-14-. The summed E-state index contributed by atoms with van der Waals surface area (Å²) in [6.07, 6.45) is 1.31. The third-order valence-electron chi connectivity index (χ3n) is 5.20. The lowest BCUT2D eigenvalue weighted by Crippen LogP contribution is -2.39. The number of hydrogen-bond acceptors (Lipinski definition) is 7. The van der Waals surface area contributed by atoms with Gasteiger partial charge in [0.05, 0.1) is 39.0 Å². The number of ether oxygens (including phenoxy) is 3. The second kappa shape index (κ2) is 12.5. The van der Waals surface area contributed by atoms with Crippen LogP contribution in [0.4, 0.5) is 4.39 Å². The Balaban J connectivity index is 1.83. The Morgan fingerprint density at radius 2 is 1.68 bits per heavy atom. The maximum Gasteiger partial charge on any atom is 0.255 e. The third-order valence-corrected chi connectivity index (χ3v) is 7.26. The molecule has 0 bridgehead atoms. The average molecular weight is 550 g/mol. The fourth-order valence-electron chi connectivity index (χ4n) is 3.39. The first kappa shape index (κ1) is 27.9. The van der Waals surface area contributed by atoms with E-state index in [1.807, 2.05) is 0 Å². The minimum atomic E-state index is -4.19. The molecule has 0 saturated heterocycles. The molecule has 12 heteroatoms. The number of sulfonamides is 1. The van der Waals surface area contributed by atoms with Crippen LogP contribution in [0.2, 0.25) is 5.02 Å². The fourth-order valence-corrected chi connectivity index (χ4v) is 4.89. The lowest BCUT2D eigenvalue weighted by atomic mass is 10.2. The van der Waals surface area contributed by atoms with E-state index in [4.69, 9.17) is 25.8 Å². The zero-order valence-corrected chi connectivity index (χ0v) is 21.8. The van der Waals surface area contributed by atoms with Crippen molar-refractivity contribution in [1.82, 2.24) is 9.73 Å². The van der Waals surface area contributed by atoms with Gasteiger partial charge in [-0.15, -0.1) is 0 Å². The summed E-state index contributed by atoms with van der Waals surface area (Å²) in [6.45, 7) is -1.00. The Kier molecular flexibility index (Phi) is 9.45. The van der Waals surface area contributed by atoms with E-state index in [0.717, 1.165) is 4.31 Å². The van der Waals surface area contributed by atoms with Crippen molar-refractivity contribution in [2.24, 2.45) is 5.10 Å². The van der Waals surface area contributed by atoms with Crippen LogP contribution in [-0.4, -0.2) is 52.7 Å². The summed E-state index contributed by atoms with van der Waals surface area (Å²) in [7, 11) is 0.188. The number of hydrazone groups is 1. The summed E-state index contributed by atoms with van der Waals surface area (Å²) >= 11 is 5.88. The van der Waals surface area contributed by atoms with E-state index in [0.29, 0.717) is 27.8 Å². The number of carbonyl (C=O) groups is 1. The Morgan fingerprint density at radius 3 is 2.30 bits per heavy atom. The SMILES string of the molecule is COc1ccc(/C=N\NC(=O)CN(Cc2ccccc2F)S(=O)(=O)c2ccc(Cl)cc2)c(OC)c1OC. The van der Waals surface area contributed by atoms with Crippen LogP contribution < -0.4 is 19.6 Å². The molecule has 0 unspecified atom stereocenters. The fraction of sp³-hybridized carbons (Fsp3) is 0.200. The van der Waals surface area contributed by atoms with Gasteiger partial charge in [0.15, 0.2) is 11.5 Å². The largest absolute Gasteiger partial charge is 0.493 e. The van der Waals surface area contributed by atoms with Crippen LogP contribution in [0.1, 0.15) is 11.1 Å². The van der Waals surface area contributed by atoms with Crippen molar-refractivity contribution in [3.63, 3.8) is 0 Å². The summed E-state index contributed by atoms with van der Waals surface area (Å²) in [5, 5.41) is 4.26. The van der Waals surface area contributed by atoms with E-state index in [2.05, 4.69) is 10.5 Å². The van der Waals surface area contributed by atoms with Crippen molar-refractivity contribution in [2.45, 2.75) is 11.4 Å². The minimum absolute atomic E-state index is 0.0976. The van der Waals surface area contributed by atoms with Crippen molar-refractivity contribution in [3.05, 3.63) is 82.6 Å². The van der Waals surface area contributed by atoms with E-state index < -0.39 is 28.3 Å². The van der Waals surface area contributed by atoms with Crippen LogP contribution in [0.5, 0.6) is 17.2 Å². The van der Waals surface area contributed by atoms with Gasteiger partial charge in [0.2, 0.25) is 15.8 Å². The van der Waals surface area contributed by atoms with Gasteiger partial charge in [-0.1, -0.05) is 29.8 Å². The lowest BCUT2D eigenvalue weighted by Gasteiger charge is -2.22. The normalized spacial score (nSPS) is 11.5. The first-order valence-electron chi connectivity index (χ1n) is 10.8. The summed E-state index contributed by atoms with van der Waals surface area (Å²) < 4.78 is 57.7. The number of methoxy groups -OCH3 is 3. The summed E-state index contributed by atoms with van der Waals surface area (Å²) in [6, 6.07) is 14.4. The first-order chi connectivity index (χ1) is 17.7. The van der Waals surface area contributed by atoms with Crippen molar-refractivity contribution in [2.75, 3.05) is 27.9 Å². The molecular weight excluding hydrogens is 525 g/mol. The average Bonchev–Trinajstić information content (AvgIpc) is 2.89. The van der Waals surface area contributed by atoms with Gasteiger partial charge < -0.3 is 14.2 Å². The molecule has 1 N–H and O–H groups in total. The molecule has 0 fully saturated rings. The number of hydrogen-bond donors (Lipinski definition) is 1. The van der Waals surface area contributed by atoms with E-state index in [9.17, 15) is 17.6 Å². The van der Waals surface area contributed by atoms with E-state index in [1.54, 1.807) is 18.2 Å². The van der Waals surface area contributed by atoms with Gasteiger partial charge in [0, 0.05) is 22.7 Å². The van der Waals surface area contributed by atoms with Crippen LogP contribution in [-0.2, 0) is 21.4 Å². The highest BCUT2D eigenvalue weighted by atomic mass is 35.5. The number of amides is 1. The van der Waals surface area contributed by atoms with Crippen LogP contribution in [0, 0.1) is 5.82 Å². The van der Waals surface area contributed by atoms with Crippen LogP contribution in [0.3, 0.4) is 0 Å². The van der Waals surface area contributed by atoms with E-state index in [1.165, 1.54) is 70.0 Å². The molecule has 0 saturated carbocycles. The second-order valence-corrected chi connectivity index (χ2v) is 9.91. The molecule has 1 amide bonds. The predicted octanol–water partition coefficient (Wildman–Crippen LogP) is 3.85. The molecule has 196 valence electrons. The minimum Gasteiger partial charge on any atom is -0.493 e. The predicted molar refractivity (Wildman–Crippen MR) is 137 cm³/mol. The van der Waals surface area contributed by atoms with Gasteiger partial charge in [-0.2, -0.15) is 9.41 Å².